The predicted molar refractivity (Wildman–Crippen MR) is 76.4 cm³/mol. The lowest BCUT2D eigenvalue weighted by molar-refractivity contribution is 0.0697. The summed E-state index contributed by atoms with van der Waals surface area (Å²) in [7, 11) is 0. The lowest BCUT2D eigenvalue weighted by atomic mass is 9.98. The minimum atomic E-state index is -0.960. The minimum Gasteiger partial charge on any atom is -0.485 e. The molecule has 2 aromatic rings. The molecule has 0 saturated carbocycles. The molecule has 0 bridgehead atoms. The lowest BCUT2D eigenvalue weighted by Crippen LogP contribution is -2.10. The van der Waals surface area contributed by atoms with Gasteiger partial charge in [-0.25, -0.2) is 9.78 Å². The van der Waals surface area contributed by atoms with Crippen molar-refractivity contribution in [2.45, 2.75) is 32.8 Å². The Hall–Kier alpha value is -1.40. The molecule has 4 nitrogen and oxygen atoms in total. The van der Waals surface area contributed by atoms with E-state index in [1.807, 2.05) is 5.38 Å². The molecule has 0 fully saturated rings. The Bertz CT molecular complexity index is 581. The van der Waals surface area contributed by atoms with E-state index in [2.05, 4.69) is 25.8 Å². The molecule has 0 unspecified atom stereocenters. The normalized spacial score (nSPS) is 11.5. The number of hydrogen-bond acceptors (Lipinski definition) is 5. The smallest absolute Gasteiger partial charge is 0.349 e. The molecule has 0 aromatic carbocycles. The average Bonchev–Trinajstić information content (AvgIpc) is 2.94. The number of aromatic carboxylic acids is 1. The van der Waals surface area contributed by atoms with Gasteiger partial charge in [0.25, 0.3) is 0 Å². The van der Waals surface area contributed by atoms with Crippen molar-refractivity contribution in [3.05, 3.63) is 32.4 Å². The lowest BCUT2D eigenvalue weighted by Gasteiger charge is -2.13. The van der Waals surface area contributed by atoms with Gasteiger partial charge in [0.15, 0.2) is 4.88 Å². The van der Waals surface area contributed by atoms with Crippen LogP contribution in [0, 0.1) is 0 Å². The van der Waals surface area contributed by atoms with Crippen molar-refractivity contribution in [1.29, 1.82) is 0 Å². The van der Waals surface area contributed by atoms with Crippen LogP contribution < -0.4 is 4.74 Å². The Morgan fingerprint density at radius 3 is 2.74 bits per heavy atom. The van der Waals surface area contributed by atoms with Crippen molar-refractivity contribution >= 4 is 28.6 Å². The number of carboxylic acids is 1. The molecule has 0 saturated heterocycles. The third-order valence-corrected chi connectivity index (χ3v) is 4.59. The van der Waals surface area contributed by atoms with Gasteiger partial charge in [0.05, 0.1) is 10.7 Å². The maximum Gasteiger partial charge on any atom is 0.349 e. The summed E-state index contributed by atoms with van der Waals surface area (Å²) in [5.74, 6) is -0.554. The van der Waals surface area contributed by atoms with E-state index in [0.29, 0.717) is 12.4 Å². The third-order valence-electron chi connectivity index (χ3n) is 2.39. The molecule has 0 amide bonds. The number of nitrogens with zero attached hydrogens (tertiary/aromatic N) is 1. The van der Waals surface area contributed by atoms with Gasteiger partial charge in [-0.3, -0.25) is 0 Å². The van der Waals surface area contributed by atoms with Gasteiger partial charge >= 0.3 is 5.97 Å². The largest absolute Gasteiger partial charge is 0.485 e. The monoisotopic (exact) mass is 297 g/mol. The van der Waals surface area contributed by atoms with E-state index in [4.69, 9.17) is 9.84 Å². The summed E-state index contributed by atoms with van der Waals surface area (Å²) >= 11 is 2.76. The maximum atomic E-state index is 10.9. The highest BCUT2D eigenvalue weighted by atomic mass is 32.1. The average molecular weight is 297 g/mol. The molecule has 0 radical (unpaired) electrons. The Morgan fingerprint density at radius 1 is 1.42 bits per heavy atom. The van der Waals surface area contributed by atoms with Crippen LogP contribution in [-0.4, -0.2) is 16.1 Å². The summed E-state index contributed by atoms with van der Waals surface area (Å²) in [6.07, 6.45) is 0. The van der Waals surface area contributed by atoms with Gasteiger partial charge in [-0.2, -0.15) is 0 Å². The van der Waals surface area contributed by atoms with Crippen molar-refractivity contribution < 1.29 is 14.6 Å². The van der Waals surface area contributed by atoms with Crippen LogP contribution in [0.3, 0.4) is 0 Å². The predicted octanol–water partition coefficient (Wildman–Crippen LogP) is 3.78. The number of hydrogen-bond donors (Lipinski definition) is 1. The van der Waals surface area contributed by atoms with E-state index < -0.39 is 5.97 Å². The van der Waals surface area contributed by atoms with Gasteiger partial charge < -0.3 is 9.84 Å². The van der Waals surface area contributed by atoms with Gasteiger partial charge in [-0.05, 0) is 11.4 Å². The fourth-order valence-electron chi connectivity index (χ4n) is 1.44. The molecule has 102 valence electrons. The Balaban J connectivity index is 2.05. The molecule has 2 aromatic heterocycles. The van der Waals surface area contributed by atoms with Crippen molar-refractivity contribution in [2.24, 2.45) is 0 Å². The number of thiazole rings is 1. The summed E-state index contributed by atoms with van der Waals surface area (Å²) in [6, 6.07) is 1.67. The van der Waals surface area contributed by atoms with E-state index in [9.17, 15) is 4.79 Å². The second-order valence-corrected chi connectivity index (χ2v) is 6.88. The van der Waals surface area contributed by atoms with Gasteiger partial charge in [0.1, 0.15) is 12.4 Å². The zero-order valence-electron chi connectivity index (χ0n) is 11.0. The fourth-order valence-corrected chi connectivity index (χ4v) is 3.00. The van der Waals surface area contributed by atoms with Crippen LogP contribution in [0.25, 0.3) is 0 Å². The van der Waals surface area contributed by atoms with E-state index in [0.717, 1.165) is 22.0 Å². The quantitative estimate of drug-likeness (QED) is 0.933. The third kappa shape index (κ3) is 3.33. The van der Waals surface area contributed by atoms with Crippen molar-refractivity contribution in [3.63, 3.8) is 0 Å². The summed E-state index contributed by atoms with van der Waals surface area (Å²) in [5.41, 5.74) is 0.856. The zero-order chi connectivity index (χ0) is 14.0. The van der Waals surface area contributed by atoms with Crippen LogP contribution in [0.15, 0.2) is 16.8 Å². The SMILES string of the molecule is CC(C)(C)c1nc(COc2ccsc2C(=O)O)cs1. The fraction of sp³-hybridized carbons (Fsp3) is 0.385. The molecule has 0 spiro atoms. The standard InChI is InChI=1S/C13H15NO3S2/c1-13(2,3)12-14-8(7-19-12)6-17-9-4-5-18-10(9)11(15)16/h4-5,7H,6H2,1-3H3,(H,15,16). The molecule has 0 aliphatic rings. The van der Waals surface area contributed by atoms with E-state index in [-0.39, 0.29) is 10.3 Å². The Labute approximate surface area is 119 Å². The highest BCUT2D eigenvalue weighted by Gasteiger charge is 2.18. The number of ether oxygens (including phenoxy) is 1. The summed E-state index contributed by atoms with van der Waals surface area (Å²) in [6.45, 7) is 6.62. The molecule has 0 aliphatic heterocycles. The van der Waals surface area contributed by atoms with Crippen LogP contribution in [0.1, 0.15) is 41.1 Å². The van der Waals surface area contributed by atoms with E-state index in [1.54, 1.807) is 22.8 Å². The highest BCUT2D eigenvalue weighted by molar-refractivity contribution is 7.12. The van der Waals surface area contributed by atoms with Crippen molar-refractivity contribution in [2.75, 3.05) is 0 Å². The van der Waals surface area contributed by atoms with Crippen LogP contribution in [0.4, 0.5) is 0 Å². The van der Waals surface area contributed by atoms with Crippen LogP contribution >= 0.6 is 22.7 Å². The number of aromatic nitrogens is 1. The maximum absolute atomic E-state index is 10.9. The minimum absolute atomic E-state index is 0.0253. The first-order valence-corrected chi connectivity index (χ1v) is 7.52. The second kappa shape index (κ2) is 5.30. The topological polar surface area (TPSA) is 59.4 Å². The molecule has 1 N–H and O–H groups in total. The molecular formula is C13H15NO3S2. The molecule has 0 aliphatic carbocycles. The first-order valence-electron chi connectivity index (χ1n) is 5.76. The Morgan fingerprint density at radius 2 is 2.16 bits per heavy atom. The van der Waals surface area contributed by atoms with E-state index in [1.165, 1.54) is 0 Å². The molecular weight excluding hydrogens is 282 g/mol. The van der Waals surface area contributed by atoms with Crippen molar-refractivity contribution in [1.82, 2.24) is 4.98 Å². The highest BCUT2D eigenvalue weighted by Crippen LogP contribution is 2.28. The van der Waals surface area contributed by atoms with Gasteiger partial charge in [-0.1, -0.05) is 20.8 Å². The Kier molecular flexibility index (Phi) is 3.91. The zero-order valence-corrected chi connectivity index (χ0v) is 12.6. The number of carboxylic acid groups (broad SMARTS) is 1. The van der Waals surface area contributed by atoms with E-state index >= 15 is 0 Å². The number of carbonyl (C=O) groups is 1. The second-order valence-electron chi connectivity index (χ2n) is 5.10. The summed E-state index contributed by atoms with van der Waals surface area (Å²) in [5, 5.41) is 13.7. The number of thiophene rings is 1. The van der Waals surface area contributed by atoms with Crippen LogP contribution in [-0.2, 0) is 12.0 Å². The summed E-state index contributed by atoms with van der Waals surface area (Å²) < 4.78 is 5.52. The number of rotatable bonds is 4. The molecule has 0 atom stereocenters. The summed E-state index contributed by atoms with van der Waals surface area (Å²) in [4.78, 5) is 15.7. The first kappa shape index (κ1) is 14.0. The molecule has 6 heteroatoms. The first-order chi connectivity index (χ1) is 8.88. The van der Waals surface area contributed by atoms with Gasteiger partial charge in [0, 0.05) is 10.8 Å². The molecule has 2 heterocycles. The van der Waals surface area contributed by atoms with Gasteiger partial charge in [-0.15, -0.1) is 22.7 Å². The van der Waals surface area contributed by atoms with Crippen LogP contribution in [0.5, 0.6) is 5.75 Å². The molecule has 19 heavy (non-hydrogen) atoms. The van der Waals surface area contributed by atoms with Gasteiger partial charge in [0.2, 0.25) is 0 Å². The van der Waals surface area contributed by atoms with Crippen LogP contribution in [0.2, 0.25) is 0 Å². The molecule has 2 rings (SSSR count). The van der Waals surface area contributed by atoms with Crippen molar-refractivity contribution in [3.8, 4) is 5.75 Å².